The lowest BCUT2D eigenvalue weighted by Gasteiger charge is -2.29. The number of hydrogen-bond acceptors (Lipinski definition) is 5. The highest BCUT2D eigenvalue weighted by molar-refractivity contribution is 5.94. The van der Waals surface area contributed by atoms with Crippen LogP contribution in [0.15, 0.2) is 72.8 Å². The summed E-state index contributed by atoms with van der Waals surface area (Å²) in [5.41, 5.74) is 2.18. The number of alkyl halides is 3. The van der Waals surface area contributed by atoms with E-state index in [2.05, 4.69) is 16.3 Å². The highest BCUT2D eigenvalue weighted by Gasteiger charge is 2.32. The van der Waals surface area contributed by atoms with Crippen LogP contribution < -0.4 is 5.32 Å². The fourth-order valence-corrected chi connectivity index (χ4v) is 4.49. The number of likely N-dealkylation sites (tertiary alicyclic amines) is 1. The quantitative estimate of drug-likeness (QED) is 0.477. The second-order valence-corrected chi connectivity index (χ2v) is 8.78. The number of ether oxygens (including phenoxy) is 1. The largest absolute Gasteiger partial charge is 0.465 e. The third-order valence-electron chi connectivity index (χ3n) is 6.40. The van der Waals surface area contributed by atoms with Crippen LogP contribution in [0, 0.1) is 11.3 Å². The lowest BCUT2D eigenvalue weighted by Crippen LogP contribution is -2.38. The molecule has 0 bridgehead atoms. The van der Waals surface area contributed by atoms with Gasteiger partial charge in [-0.05, 0) is 66.1 Å². The van der Waals surface area contributed by atoms with Crippen LogP contribution >= 0.6 is 0 Å². The Kier molecular flexibility index (Phi) is 7.60. The summed E-state index contributed by atoms with van der Waals surface area (Å²) < 4.78 is 43.3. The molecule has 3 aromatic rings. The Labute approximate surface area is 212 Å². The Balaban J connectivity index is 1.52. The van der Waals surface area contributed by atoms with Crippen LogP contribution in [0.5, 0.6) is 0 Å². The summed E-state index contributed by atoms with van der Waals surface area (Å²) in [5.74, 6) is -0.869. The van der Waals surface area contributed by atoms with Crippen LogP contribution in [0.4, 0.5) is 13.2 Å². The van der Waals surface area contributed by atoms with Crippen LogP contribution in [0.3, 0.4) is 0 Å². The van der Waals surface area contributed by atoms with Gasteiger partial charge in [0.2, 0.25) is 0 Å². The molecular weight excluding hydrogens is 483 g/mol. The molecule has 0 aromatic heterocycles. The van der Waals surface area contributed by atoms with Crippen LogP contribution in [0.2, 0.25) is 0 Å². The Morgan fingerprint density at radius 1 is 0.973 bits per heavy atom. The van der Waals surface area contributed by atoms with Gasteiger partial charge in [-0.3, -0.25) is 9.69 Å². The summed E-state index contributed by atoms with van der Waals surface area (Å²) in [7, 11) is 1.32. The first kappa shape index (κ1) is 25.9. The third kappa shape index (κ3) is 5.98. The van der Waals surface area contributed by atoms with Gasteiger partial charge in [0, 0.05) is 24.7 Å². The summed E-state index contributed by atoms with van der Waals surface area (Å²) in [6.45, 7) is 1.16. The molecule has 1 aliphatic heterocycles. The van der Waals surface area contributed by atoms with Gasteiger partial charge in [0.25, 0.3) is 5.91 Å². The molecule has 1 unspecified atom stereocenters. The average Bonchev–Trinajstić information content (AvgIpc) is 3.36. The van der Waals surface area contributed by atoms with Crippen LogP contribution in [-0.4, -0.2) is 43.0 Å². The maximum Gasteiger partial charge on any atom is 0.416 e. The van der Waals surface area contributed by atoms with Gasteiger partial charge in [-0.15, -0.1) is 0 Å². The van der Waals surface area contributed by atoms with Crippen molar-refractivity contribution in [3.63, 3.8) is 0 Å². The predicted molar refractivity (Wildman–Crippen MR) is 130 cm³/mol. The van der Waals surface area contributed by atoms with Crippen molar-refractivity contribution in [1.82, 2.24) is 10.2 Å². The monoisotopic (exact) mass is 507 g/mol. The molecule has 1 N–H and O–H groups in total. The number of nitrogens with zero attached hydrogens (tertiary/aromatic N) is 2. The molecule has 1 fully saturated rings. The molecule has 6 nitrogen and oxygen atoms in total. The van der Waals surface area contributed by atoms with Crippen molar-refractivity contribution in [2.75, 3.05) is 20.2 Å². The number of benzene rings is 3. The Bertz CT molecular complexity index is 1300. The number of rotatable bonds is 6. The number of nitrogens with one attached hydrogen (secondary N) is 1. The summed E-state index contributed by atoms with van der Waals surface area (Å²) in [5, 5.41) is 12.1. The van der Waals surface area contributed by atoms with Gasteiger partial charge < -0.3 is 10.1 Å². The summed E-state index contributed by atoms with van der Waals surface area (Å²) >= 11 is 0. The first-order valence-electron chi connectivity index (χ1n) is 11.6. The second-order valence-electron chi connectivity index (χ2n) is 8.78. The molecule has 0 saturated carbocycles. The number of esters is 1. The fourth-order valence-electron chi connectivity index (χ4n) is 4.49. The van der Waals surface area contributed by atoms with Crippen molar-refractivity contribution in [3.05, 3.63) is 106 Å². The summed E-state index contributed by atoms with van der Waals surface area (Å²) in [4.78, 5) is 26.7. The summed E-state index contributed by atoms with van der Waals surface area (Å²) in [6, 6.07) is 20.2. The van der Waals surface area contributed by atoms with Gasteiger partial charge in [0.1, 0.15) is 0 Å². The lowest BCUT2D eigenvalue weighted by atomic mass is 9.95. The SMILES string of the molecule is COC(=O)c1ccc(C(c2ccc(C#N)cc2)N2CC[C@@H](NC(=O)c3ccc(C(F)(F)F)cc3)C2)cc1. The van der Waals surface area contributed by atoms with Crippen LogP contribution in [0.25, 0.3) is 0 Å². The minimum absolute atomic E-state index is 0.161. The van der Waals surface area contributed by atoms with Crippen molar-refractivity contribution >= 4 is 11.9 Å². The van der Waals surface area contributed by atoms with E-state index in [0.29, 0.717) is 30.6 Å². The van der Waals surface area contributed by atoms with Crippen molar-refractivity contribution in [2.45, 2.75) is 24.7 Å². The standard InChI is InChI=1S/C28H24F3N3O3/c1-37-27(36)22-8-6-20(7-9-22)25(19-4-2-18(16-32)3-5-19)34-15-14-24(17-34)33-26(35)21-10-12-23(13-11-21)28(29,30)31/h2-13,24-25H,14-15,17H2,1H3,(H,33,35)/t24-,25?/m1/s1. The molecule has 2 atom stereocenters. The van der Waals surface area contributed by atoms with E-state index in [-0.39, 0.29) is 17.6 Å². The van der Waals surface area contributed by atoms with E-state index in [0.717, 1.165) is 23.3 Å². The van der Waals surface area contributed by atoms with Crippen molar-refractivity contribution in [3.8, 4) is 6.07 Å². The van der Waals surface area contributed by atoms with E-state index >= 15 is 0 Å². The van der Waals surface area contributed by atoms with Gasteiger partial charge in [0.15, 0.2) is 0 Å². The molecule has 190 valence electrons. The van der Waals surface area contributed by atoms with E-state index in [1.54, 1.807) is 24.3 Å². The minimum atomic E-state index is -4.46. The zero-order valence-corrected chi connectivity index (χ0v) is 20.0. The zero-order valence-electron chi connectivity index (χ0n) is 20.0. The molecule has 0 aliphatic carbocycles. The molecule has 1 amide bonds. The van der Waals surface area contributed by atoms with E-state index in [1.807, 2.05) is 24.3 Å². The van der Waals surface area contributed by atoms with Crippen LogP contribution in [0.1, 0.15) is 55.4 Å². The maximum absolute atomic E-state index is 12.8. The molecule has 1 heterocycles. The number of nitriles is 1. The van der Waals surface area contributed by atoms with Gasteiger partial charge in [-0.1, -0.05) is 24.3 Å². The number of amides is 1. The van der Waals surface area contributed by atoms with E-state index in [9.17, 15) is 22.8 Å². The Morgan fingerprint density at radius 3 is 2.08 bits per heavy atom. The third-order valence-corrected chi connectivity index (χ3v) is 6.40. The van der Waals surface area contributed by atoms with E-state index in [4.69, 9.17) is 10.00 Å². The average molecular weight is 508 g/mol. The van der Waals surface area contributed by atoms with Gasteiger partial charge in [-0.25, -0.2) is 4.79 Å². The molecule has 1 aliphatic rings. The Morgan fingerprint density at radius 2 is 1.54 bits per heavy atom. The predicted octanol–water partition coefficient (Wildman–Crippen LogP) is 4.96. The first-order valence-corrected chi connectivity index (χ1v) is 11.6. The van der Waals surface area contributed by atoms with Gasteiger partial charge in [-0.2, -0.15) is 18.4 Å². The highest BCUT2D eigenvalue weighted by Crippen LogP contribution is 2.33. The molecule has 1 saturated heterocycles. The number of carbonyl (C=O) groups is 2. The zero-order chi connectivity index (χ0) is 26.6. The smallest absolute Gasteiger partial charge is 0.416 e. The number of carbonyl (C=O) groups excluding carboxylic acids is 2. The molecule has 4 rings (SSSR count). The Hall–Kier alpha value is -4.16. The van der Waals surface area contributed by atoms with Gasteiger partial charge in [0.05, 0.1) is 35.9 Å². The molecular formula is C28H24F3N3O3. The molecule has 0 spiro atoms. The fraction of sp³-hybridized carbons (Fsp3) is 0.250. The molecule has 37 heavy (non-hydrogen) atoms. The van der Waals surface area contributed by atoms with Gasteiger partial charge >= 0.3 is 12.1 Å². The molecule has 0 radical (unpaired) electrons. The lowest BCUT2D eigenvalue weighted by molar-refractivity contribution is -0.137. The number of halogens is 3. The van der Waals surface area contributed by atoms with E-state index < -0.39 is 23.6 Å². The van der Waals surface area contributed by atoms with Crippen molar-refractivity contribution in [1.29, 1.82) is 5.26 Å². The molecule has 9 heteroatoms. The molecule has 3 aromatic carbocycles. The van der Waals surface area contributed by atoms with Crippen LogP contribution in [-0.2, 0) is 10.9 Å². The minimum Gasteiger partial charge on any atom is -0.465 e. The number of hydrogen-bond donors (Lipinski definition) is 1. The topological polar surface area (TPSA) is 82.4 Å². The highest BCUT2D eigenvalue weighted by atomic mass is 19.4. The first-order chi connectivity index (χ1) is 17.7. The maximum atomic E-state index is 12.8. The number of methoxy groups -OCH3 is 1. The van der Waals surface area contributed by atoms with E-state index in [1.165, 1.54) is 19.2 Å². The van der Waals surface area contributed by atoms with Crippen molar-refractivity contribution < 1.29 is 27.5 Å². The normalized spacial score (nSPS) is 16.6. The summed E-state index contributed by atoms with van der Waals surface area (Å²) in [6.07, 6.45) is -3.81. The second kappa shape index (κ2) is 10.8. The van der Waals surface area contributed by atoms with Crippen molar-refractivity contribution in [2.24, 2.45) is 0 Å².